The van der Waals surface area contributed by atoms with Gasteiger partial charge in [-0.3, -0.25) is 4.90 Å². The van der Waals surface area contributed by atoms with Gasteiger partial charge >= 0.3 is 6.18 Å². The van der Waals surface area contributed by atoms with E-state index in [0.717, 1.165) is 12.8 Å². The molecule has 0 aromatic rings. The van der Waals surface area contributed by atoms with Gasteiger partial charge in [-0.25, -0.2) is 0 Å². The summed E-state index contributed by atoms with van der Waals surface area (Å²) in [5, 5.41) is 0. The summed E-state index contributed by atoms with van der Waals surface area (Å²) in [6.07, 6.45) is -2.44. The van der Waals surface area contributed by atoms with Crippen LogP contribution >= 0.6 is 0 Å². The molecule has 2 nitrogen and oxygen atoms in total. The Kier molecular flexibility index (Phi) is 2.27. The van der Waals surface area contributed by atoms with Crippen molar-refractivity contribution in [3.8, 4) is 0 Å². The molecule has 0 amide bonds. The molecule has 0 spiro atoms. The number of nitrogens with zero attached hydrogens (tertiary/aromatic N) is 1. The lowest BCUT2D eigenvalue weighted by Crippen LogP contribution is -2.68. The van der Waals surface area contributed by atoms with Gasteiger partial charge in [0.1, 0.15) is 0 Å². The SMILES string of the molecule is NC1(C2CC2)CN(CCC(F)(F)F)C1. The maximum atomic E-state index is 11.9. The van der Waals surface area contributed by atoms with Crippen LogP contribution in [-0.4, -0.2) is 36.2 Å². The van der Waals surface area contributed by atoms with Gasteiger partial charge in [0.25, 0.3) is 0 Å². The average molecular weight is 208 g/mol. The highest BCUT2D eigenvalue weighted by atomic mass is 19.4. The fourth-order valence-corrected chi connectivity index (χ4v) is 2.15. The molecule has 0 aromatic carbocycles. The van der Waals surface area contributed by atoms with Crippen molar-refractivity contribution < 1.29 is 13.2 Å². The third kappa shape index (κ3) is 2.20. The average Bonchev–Trinajstić information content (AvgIpc) is 2.75. The quantitative estimate of drug-likeness (QED) is 0.758. The molecule has 82 valence electrons. The summed E-state index contributed by atoms with van der Waals surface area (Å²) in [5.74, 6) is 0.574. The van der Waals surface area contributed by atoms with Crippen molar-refractivity contribution in [2.45, 2.75) is 31.0 Å². The number of rotatable bonds is 3. The molecule has 2 rings (SSSR count). The van der Waals surface area contributed by atoms with E-state index in [4.69, 9.17) is 5.73 Å². The molecule has 2 N–H and O–H groups in total. The Morgan fingerprint density at radius 1 is 1.29 bits per heavy atom. The highest BCUT2D eigenvalue weighted by molar-refractivity contribution is 5.08. The largest absolute Gasteiger partial charge is 0.390 e. The molecule has 0 radical (unpaired) electrons. The second-order valence-corrected chi connectivity index (χ2v) is 4.58. The van der Waals surface area contributed by atoms with Crippen molar-refractivity contribution in [1.82, 2.24) is 4.90 Å². The fourth-order valence-electron chi connectivity index (χ4n) is 2.15. The van der Waals surface area contributed by atoms with Crippen LogP contribution in [-0.2, 0) is 0 Å². The van der Waals surface area contributed by atoms with Gasteiger partial charge in [0.05, 0.1) is 6.42 Å². The molecule has 0 atom stereocenters. The van der Waals surface area contributed by atoms with Crippen LogP contribution in [0, 0.1) is 5.92 Å². The molecule has 1 aliphatic carbocycles. The first-order valence-electron chi connectivity index (χ1n) is 4.97. The van der Waals surface area contributed by atoms with Gasteiger partial charge in [-0.15, -0.1) is 0 Å². The summed E-state index contributed by atoms with van der Waals surface area (Å²) in [7, 11) is 0. The van der Waals surface area contributed by atoms with Crippen molar-refractivity contribution in [3.63, 3.8) is 0 Å². The molecule has 5 heteroatoms. The molecule has 0 unspecified atom stereocenters. The minimum atomic E-state index is -4.04. The molecule has 0 bridgehead atoms. The predicted molar refractivity (Wildman–Crippen MR) is 46.8 cm³/mol. The summed E-state index contributed by atoms with van der Waals surface area (Å²) >= 11 is 0. The molecular formula is C9H15F3N2. The second-order valence-electron chi connectivity index (χ2n) is 4.58. The molecule has 1 saturated carbocycles. The Morgan fingerprint density at radius 3 is 2.29 bits per heavy atom. The summed E-state index contributed by atoms with van der Waals surface area (Å²) < 4.78 is 35.6. The topological polar surface area (TPSA) is 29.3 Å². The normalized spacial score (nSPS) is 27.4. The summed E-state index contributed by atoms with van der Waals surface area (Å²) in [5.41, 5.74) is 5.85. The van der Waals surface area contributed by atoms with Gasteiger partial charge in [0.2, 0.25) is 0 Å². The number of alkyl halides is 3. The first-order chi connectivity index (χ1) is 6.39. The first kappa shape index (κ1) is 10.2. The van der Waals surface area contributed by atoms with E-state index < -0.39 is 12.6 Å². The first-order valence-corrected chi connectivity index (χ1v) is 4.97. The fraction of sp³-hybridized carbons (Fsp3) is 1.00. The third-order valence-corrected chi connectivity index (χ3v) is 3.14. The Morgan fingerprint density at radius 2 is 1.86 bits per heavy atom. The molecular weight excluding hydrogens is 193 g/mol. The van der Waals surface area contributed by atoms with E-state index >= 15 is 0 Å². The third-order valence-electron chi connectivity index (χ3n) is 3.14. The van der Waals surface area contributed by atoms with Gasteiger partial charge in [-0.05, 0) is 18.8 Å². The highest BCUT2D eigenvalue weighted by Gasteiger charge is 2.50. The van der Waals surface area contributed by atoms with E-state index in [-0.39, 0.29) is 12.1 Å². The van der Waals surface area contributed by atoms with Crippen molar-refractivity contribution in [2.24, 2.45) is 11.7 Å². The number of hydrogen-bond donors (Lipinski definition) is 1. The maximum Gasteiger partial charge on any atom is 0.390 e. The zero-order chi connectivity index (χ0) is 10.4. The molecule has 2 fully saturated rings. The van der Waals surface area contributed by atoms with Crippen LogP contribution in [0.5, 0.6) is 0 Å². The van der Waals surface area contributed by atoms with Crippen LogP contribution in [0.1, 0.15) is 19.3 Å². The van der Waals surface area contributed by atoms with E-state index in [2.05, 4.69) is 0 Å². The van der Waals surface area contributed by atoms with Crippen LogP contribution in [0.15, 0.2) is 0 Å². The Hall–Kier alpha value is -0.290. The van der Waals surface area contributed by atoms with Crippen molar-refractivity contribution in [2.75, 3.05) is 19.6 Å². The lowest BCUT2D eigenvalue weighted by atomic mass is 9.85. The zero-order valence-electron chi connectivity index (χ0n) is 7.98. The highest BCUT2D eigenvalue weighted by Crippen LogP contribution is 2.43. The number of nitrogens with two attached hydrogens (primary N) is 1. The van der Waals surface area contributed by atoms with E-state index in [0.29, 0.717) is 19.0 Å². The molecule has 2 aliphatic rings. The summed E-state index contributed by atoms with van der Waals surface area (Å²) in [6.45, 7) is 1.40. The van der Waals surface area contributed by atoms with E-state index in [1.807, 2.05) is 0 Å². The van der Waals surface area contributed by atoms with Gasteiger partial charge in [-0.2, -0.15) is 13.2 Å². The van der Waals surface area contributed by atoms with Crippen molar-refractivity contribution in [1.29, 1.82) is 0 Å². The Balaban J connectivity index is 1.67. The Labute approximate surface area is 81.2 Å². The van der Waals surface area contributed by atoms with Crippen LogP contribution in [0.25, 0.3) is 0 Å². The van der Waals surface area contributed by atoms with E-state index in [1.54, 1.807) is 4.90 Å². The van der Waals surface area contributed by atoms with Crippen LogP contribution in [0.4, 0.5) is 13.2 Å². The second kappa shape index (κ2) is 3.10. The van der Waals surface area contributed by atoms with Crippen molar-refractivity contribution >= 4 is 0 Å². The molecule has 1 saturated heterocycles. The van der Waals surface area contributed by atoms with Crippen LogP contribution in [0.2, 0.25) is 0 Å². The molecule has 1 aliphatic heterocycles. The summed E-state index contributed by atoms with van der Waals surface area (Å²) in [4.78, 5) is 1.80. The standard InChI is InChI=1S/C9H15F3N2/c10-9(11,12)3-4-14-5-8(13,6-14)7-1-2-7/h7H,1-6,13H2. The number of halogens is 3. The van der Waals surface area contributed by atoms with Gasteiger partial charge in [0, 0.05) is 25.2 Å². The molecule has 0 aromatic heterocycles. The number of hydrogen-bond acceptors (Lipinski definition) is 2. The lowest BCUT2D eigenvalue weighted by Gasteiger charge is -2.48. The van der Waals surface area contributed by atoms with Gasteiger partial charge in [0.15, 0.2) is 0 Å². The van der Waals surface area contributed by atoms with Crippen LogP contribution in [0.3, 0.4) is 0 Å². The van der Waals surface area contributed by atoms with Gasteiger partial charge < -0.3 is 5.73 Å². The van der Waals surface area contributed by atoms with E-state index in [1.165, 1.54) is 0 Å². The minimum Gasteiger partial charge on any atom is -0.323 e. The Bertz CT molecular complexity index is 217. The monoisotopic (exact) mass is 208 g/mol. The maximum absolute atomic E-state index is 11.9. The smallest absolute Gasteiger partial charge is 0.323 e. The predicted octanol–water partition coefficient (Wildman–Crippen LogP) is 1.36. The van der Waals surface area contributed by atoms with Crippen molar-refractivity contribution in [3.05, 3.63) is 0 Å². The van der Waals surface area contributed by atoms with Gasteiger partial charge in [-0.1, -0.05) is 0 Å². The molecule has 14 heavy (non-hydrogen) atoms. The molecule has 1 heterocycles. The van der Waals surface area contributed by atoms with Crippen LogP contribution < -0.4 is 5.73 Å². The van der Waals surface area contributed by atoms with E-state index in [9.17, 15) is 13.2 Å². The minimum absolute atomic E-state index is 0.106. The number of likely N-dealkylation sites (tertiary alicyclic amines) is 1. The lowest BCUT2D eigenvalue weighted by molar-refractivity contribution is -0.142. The summed E-state index contributed by atoms with van der Waals surface area (Å²) in [6, 6.07) is 0. The zero-order valence-corrected chi connectivity index (χ0v) is 7.98.